The summed E-state index contributed by atoms with van der Waals surface area (Å²) in [5, 5.41) is 3.37. The Kier molecular flexibility index (Phi) is 7.85. The number of carbonyl (C=O) groups is 1. The summed E-state index contributed by atoms with van der Waals surface area (Å²) in [7, 11) is 0. The van der Waals surface area contributed by atoms with Gasteiger partial charge in [0.05, 0.1) is 19.3 Å². The second-order valence-electron chi connectivity index (χ2n) is 6.34. The van der Waals surface area contributed by atoms with Crippen molar-refractivity contribution in [2.24, 2.45) is 11.8 Å². The first kappa shape index (κ1) is 17.7. The molecule has 118 valence electrons. The Morgan fingerprint density at radius 2 is 2.25 bits per heavy atom. The van der Waals surface area contributed by atoms with E-state index >= 15 is 0 Å². The molecule has 2 aliphatic heterocycles. The molecule has 2 unspecified atom stereocenters. The highest BCUT2D eigenvalue weighted by molar-refractivity contribution is 5.85. The lowest BCUT2D eigenvalue weighted by Gasteiger charge is -2.36. The molecule has 1 N–H and O–H groups in total. The van der Waals surface area contributed by atoms with Crippen LogP contribution in [0.2, 0.25) is 0 Å². The molecule has 2 fully saturated rings. The number of halogens is 1. The lowest BCUT2D eigenvalue weighted by molar-refractivity contribution is -0.140. The van der Waals surface area contributed by atoms with E-state index in [1.54, 1.807) is 0 Å². The zero-order chi connectivity index (χ0) is 13.7. The van der Waals surface area contributed by atoms with Crippen molar-refractivity contribution in [3.8, 4) is 0 Å². The maximum absolute atomic E-state index is 12.4. The van der Waals surface area contributed by atoms with E-state index in [2.05, 4.69) is 24.1 Å². The number of amides is 1. The van der Waals surface area contributed by atoms with Crippen molar-refractivity contribution in [2.45, 2.75) is 45.6 Å². The molecule has 2 atom stereocenters. The molecular formula is C15H29ClN2O2. The highest BCUT2D eigenvalue weighted by atomic mass is 35.5. The molecule has 5 heteroatoms. The predicted molar refractivity (Wildman–Crippen MR) is 83.2 cm³/mol. The Labute approximate surface area is 129 Å². The smallest absolute Gasteiger partial charge is 0.222 e. The molecule has 0 aromatic rings. The minimum absolute atomic E-state index is 0. The maximum atomic E-state index is 12.4. The summed E-state index contributed by atoms with van der Waals surface area (Å²) in [6, 6.07) is 0.294. The summed E-state index contributed by atoms with van der Waals surface area (Å²) in [6.07, 6.45) is 4.03. The van der Waals surface area contributed by atoms with Gasteiger partial charge in [0.2, 0.25) is 5.91 Å². The van der Waals surface area contributed by atoms with Crippen molar-refractivity contribution < 1.29 is 9.53 Å². The number of morpholine rings is 1. The molecule has 20 heavy (non-hydrogen) atoms. The molecule has 0 bridgehead atoms. The van der Waals surface area contributed by atoms with Gasteiger partial charge in [-0.1, -0.05) is 13.8 Å². The van der Waals surface area contributed by atoms with Crippen LogP contribution >= 0.6 is 12.4 Å². The van der Waals surface area contributed by atoms with E-state index < -0.39 is 0 Å². The zero-order valence-corrected chi connectivity index (χ0v) is 13.6. The number of rotatable bonds is 5. The second kappa shape index (κ2) is 8.85. The molecule has 2 rings (SSSR count). The second-order valence-corrected chi connectivity index (χ2v) is 6.34. The largest absolute Gasteiger partial charge is 0.377 e. The van der Waals surface area contributed by atoms with Gasteiger partial charge in [0.15, 0.2) is 0 Å². The fourth-order valence-electron chi connectivity index (χ4n) is 3.15. The van der Waals surface area contributed by atoms with Gasteiger partial charge in [-0.15, -0.1) is 12.4 Å². The summed E-state index contributed by atoms with van der Waals surface area (Å²) in [6.45, 7) is 8.82. The third-order valence-electron chi connectivity index (χ3n) is 4.22. The first-order valence-corrected chi connectivity index (χ1v) is 7.74. The van der Waals surface area contributed by atoms with E-state index in [1.807, 2.05) is 0 Å². The monoisotopic (exact) mass is 304 g/mol. The van der Waals surface area contributed by atoms with E-state index in [0.29, 0.717) is 36.8 Å². The average molecular weight is 305 g/mol. The van der Waals surface area contributed by atoms with Crippen molar-refractivity contribution in [2.75, 3.05) is 32.8 Å². The van der Waals surface area contributed by atoms with Gasteiger partial charge in [-0.05, 0) is 44.2 Å². The minimum atomic E-state index is 0. The molecule has 0 aromatic heterocycles. The third-order valence-corrected chi connectivity index (χ3v) is 4.22. The number of ether oxygens (including phenoxy) is 1. The Hall–Kier alpha value is -0.320. The van der Waals surface area contributed by atoms with Gasteiger partial charge in [-0.3, -0.25) is 4.79 Å². The van der Waals surface area contributed by atoms with Crippen LogP contribution in [0.3, 0.4) is 0 Å². The molecule has 2 heterocycles. The van der Waals surface area contributed by atoms with Crippen LogP contribution in [-0.2, 0) is 9.53 Å². The van der Waals surface area contributed by atoms with E-state index in [0.717, 1.165) is 39.1 Å². The fourth-order valence-corrected chi connectivity index (χ4v) is 3.15. The number of hydrogen-bond donors (Lipinski definition) is 1. The van der Waals surface area contributed by atoms with Crippen molar-refractivity contribution in [1.29, 1.82) is 0 Å². The van der Waals surface area contributed by atoms with Crippen LogP contribution < -0.4 is 5.32 Å². The zero-order valence-electron chi connectivity index (χ0n) is 12.8. The van der Waals surface area contributed by atoms with Gasteiger partial charge in [0.25, 0.3) is 0 Å². The van der Waals surface area contributed by atoms with Gasteiger partial charge in [0.1, 0.15) is 0 Å². The topological polar surface area (TPSA) is 41.6 Å². The fraction of sp³-hybridized carbons (Fsp3) is 0.933. The highest BCUT2D eigenvalue weighted by Crippen LogP contribution is 2.20. The van der Waals surface area contributed by atoms with Crippen molar-refractivity contribution in [1.82, 2.24) is 10.2 Å². The van der Waals surface area contributed by atoms with Gasteiger partial charge < -0.3 is 15.0 Å². The van der Waals surface area contributed by atoms with Crippen LogP contribution in [0.25, 0.3) is 0 Å². The van der Waals surface area contributed by atoms with Crippen LogP contribution in [-0.4, -0.2) is 49.7 Å². The maximum Gasteiger partial charge on any atom is 0.222 e. The summed E-state index contributed by atoms with van der Waals surface area (Å²) in [5.74, 6) is 1.65. The summed E-state index contributed by atoms with van der Waals surface area (Å²) >= 11 is 0. The standard InChI is InChI=1S/C15H28N2O2.ClH/c1-12(2)9-14-11-19-8-7-17(14)15(18)4-3-13-5-6-16-10-13;/h12-14,16H,3-11H2,1-2H3;1H. The first-order valence-electron chi connectivity index (χ1n) is 7.74. The molecule has 0 saturated carbocycles. The summed E-state index contributed by atoms with van der Waals surface area (Å²) in [5.41, 5.74) is 0. The summed E-state index contributed by atoms with van der Waals surface area (Å²) in [4.78, 5) is 14.5. The first-order chi connectivity index (χ1) is 9.16. The number of hydrogen-bond acceptors (Lipinski definition) is 3. The molecule has 2 saturated heterocycles. The van der Waals surface area contributed by atoms with Gasteiger partial charge >= 0.3 is 0 Å². The lowest BCUT2D eigenvalue weighted by Crippen LogP contribution is -2.49. The predicted octanol–water partition coefficient (Wildman–Crippen LogP) is 2.07. The Bertz CT molecular complexity index is 294. The van der Waals surface area contributed by atoms with Crippen LogP contribution in [0.5, 0.6) is 0 Å². The van der Waals surface area contributed by atoms with Crippen molar-refractivity contribution in [3.63, 3.8) is 0 Å². The van der Waals surface area contributed by atoms with Crippen molar-refractivity contribution >= 4 is 18.3 Å². The van der Waals surface area contributed by atoms with Gasteiger partial charge in [-0.2, -0.15) is 0 Å². The molecule has 4 nitrogen and oxygen atoms in total. The quantitative estimate of drug-likeness (QED) is 0.845. The Morgan fingerprint density at radius 1 is 1.45 bits per heavy atom. The van der Waals surface area contributed by atoms with Crippen LogP contribution in [0.1, 0.15) is 39.5 Å². The van der Waals surface area contributed by atoms with Crippen LogP contribution in [0, 0.1) is 11.8 Å². The van der Waals surface area contributed by atoms with E-state index in [4.69, 9.17) is 4.74 Å². The molecule has 0 spiro atoms. The Morgan fingerprint density at radius 3 is 2.90 bits per heavy atom. The normalized spacial score (nSPS) is 26.6. The molecule has 2 aliphatic rings. The number of nitrogens with one attached hydrogen (secondary N) is 1. The molecule has 1 amide bonds. The van der Waals surface area contributed by atoms with E-state index in [9.17, 15) is 4.79 Å². The molecule has 0 aromatic carbocycles. The molecule has 0 radical (unpaired) electrons. The molecular weight excluding hydrogens is 276 g/mol. The SMILES string of the molecule is CC(C)CC1COCCN1C(=O)CCC1CCNC1.Cl. The molecule has 0 aliphatic carbocycles. The van der Waals surface area contributed by atoms with Gasteiger partial charge in [-0.25, -0.2) is 0 Å². The van der Waals surface area contributed by atoms with E-state index in [1.165, 1.54) is 6.42 Å². The van der Waals surface area contributed by atoms with Gasteiger partial charge in [0, 0.05) is 13.0 Å². The van der Waals surface area contributed by atoms with Crippen LogP contribution in [0.15, 0.2) is 0 Å². The third kappa shape index (κ3) is 5.23. The van der Waals surface area contributed by atoms with Crippen LogP contribution in [0.4, 0.5) is 0 Å². The highest BCUT2D eigenvalue weighted by Gasteiger charge is 2.28. The van der Waals surface area contributed by atoms with Crippen molar-refractivity contribution in [3.05, 3.63) is 0 Å². The summed E-state index contributed by atoms with van der Waals surface area (Å²) < 4.78 is 5.54. The lowest BCUT2D eigenvalue weighted by atomic mass is 9.99. The number of nitrogens with zero attached hydrogens (tertiary/aromatic N) is 1. The average Bonchev–Trinajstić information content (AvgIpc) is 2.89. The minimum Gasteiger partial charge on any atom is -0.377 e. The van der Waals surface area contributed by atoms with E-state index in [-0.39, 0.29) is 12.4 Å². The number of carbonyl (C=O) groups excluding carboxylic acids is 1. The Balaban J connectivity index is 0.00000200.